The first kappa shape index (κ1) is 14.9. The first-order chi connectivity index (χ1) is 9.88. The highest BCUT2D eigenvalue weighted by Crippen LogP contribution is 2.55. The number of likely N-dealkylation sites (tertiary alicyclic amines) is 1. The van der Waals surface area contributed by atoms with Gasteiger partial charge in [0.2, 0.25) is 0 Å². The van der Waals surface area contributed by atoms with Gasteiger partial charge < -0.3 is 9.64 Å². The second kappa shape index (κ2) is 5.01. The number of benzene rings is 1. The Bertz CT molecular complexity index is 524. The summed E-state index contributed by atoms with van der Waals surface area (Å²) in [5.74, 6) is 1.01. The average molecular weight is 287 g/mol. The molecule has 0 bridgehead atoms. The van der Waals surface area contributed by atoms with E-state index >= 15 is 0 Å². The molecule has 0 unspecified atom stereocenters. The number of rotatable bonds is 2. The Morgan fingerprint density at radius 3 is 2.33 bits per heavy atom. The van der Waals surface area contributed by atoms with E-state index in [0.29, 0.717) is 16.9 Å². The van der Waals surface area contributed by atoms with Gasteiger partial charge in [0, 0.05) is 6.04 Å². The van der Waals surface area contributed by atoms with Crippen LogP contribution >= 0.6 is 0 Å². The summed E-state index contributed by atoms with van der Waals surface area (Å²) >= 11 is 0. The third-order valence-electron chi connectivity index (χ3n) is 5.79. The topological polar surface area (TPSA) is 12.5 Å². The third-order valence-corrected chi connectivity index (χ3v) is 5.79. The fraction of sp³-hybridized carbons (Fsp3) is 0.684. The third kappa shape index (κ3) is 2.38. The average Bonchev–Trinajstić information content (AvgIpc) is 2.67. The van der Waals surface area contributed by atoms with Crippen molar-refractivity contribution in [1.82, 2.24) is 4.90 Å². The van der Waals surface area contributed by atoms with E-state index < -0.39 is 0 Å². The van der Waals surface area contributed by atoms with Gasteiger partial charge in [0.1, 0.15) is 5.75 Å². The maximum atomic E-state index is 5.49. The van der Waals surface area contributed by atoms with Crippen molar-refractivity contribution in [1.29, 1.82) is 0 Å². The largest absolute Gasteiger partial charge is 0.497 e. The van der Waals surface area contributed by atoms with Gasteiger partial charge in [0.15, 0.2) is 0 Å². The van der Waals surface area contributed by atoms with Gasteiger partial charge in [-0.2, -0.15) is 0 Å². The zero-order valence-corrected chi connectivity index (χ0v) is 14.2. The summed E-state index contributed by atoms with van der Waals surface area (Å²) in [5.41, 5.74) is 3.77. The Morgan fingerprint density at radius 2 is 1.76 bits per heavy atom. The molecule has 2 nitrogen and oxygen atoms in total. The monoisotopic (exact) mass is 287 g/mol. The maximum absolute atomic E-state index is 5.49. The second-order valence-electron chi connectivity index (χ2n) is 7.88. The molecular weight excluding hydrogens is 258 g/mol. The van der Waals surface area contributed by atoms with E-state index in [9.17, 15) is 0 Å². The van der Waals surface area contributed by atoms with Crippen LogP contribution in [-0.2, 0) is 10.8 Å². The lowest BCUT2D eigenvalue weighted by molar-refractivity contribution is 0.121. The second-order valence-corrected chi connectivity index (χ2v) is 7.88. The minimum atomic E-state index is 0.293. The van der Waals surface area contributed by atoms with Crippen LogP contribution in [0.5, 0.6) is 5.75 Å². The number of fused-ring (bicyclic) bond motifs is 2. The van der Waals surface area contributed by atoms with Gasteiger partial charge in [0.25, 0.3) is 0 Å². The zero-order valence-electron chi connectivity index (χ0n) is 14.2. The molecule has 2 aliphatic rings. The molecule has 1 aromatic rings. The zero-order chi connectivity index (χ0) is 15.3. The molecule has 0 radical (unpaired) electrons. The molecule has 0 amide bonds. The lowest BCUT2D eigenvalue weighted by atomic mass is 9.71. The normalized spacial score (nSPS) is 23.5. The Kier molecular flexibility index (Phi) is 3.56. The van der Waals surface area contributed by atoms with Gasteiger partial charge >= 0.3 is 0 Å². The number of ether oxygens (including phenoxy) is 1. The van der Waals surface area contributed by atoms with Gasteiger partial charge in [-0.25, -0.2) is 0 Å². The van der Waals surface area contributed by atoms with Gasteiger partial charge in [-0.3, -0.25) is 0 Å². The van der Waals surface area contributed by atoms with E-state index in [1.807, 2.05) is 0 Å². The predicted octanol–water partition coefficient (Wildman–Crippen LogP) is 4.12. The van der Waals surface area contributed by atoms with Crippen LogP contribution in [0.2, 0.25) is 0 Å². The molecule has 1 aromatic carbocycles. The summed E-state index contributed by atoms with van der Waals surface area (Å²) in [7, 11) is 1.77. The van der Waals surface area contributed by atoms with Crippen LogP contribution in [0.25, 0.3) is 0 Å². The van der Waals surface area contributed by atoms with Gasteiger partial charge in [-0.05, 0) is 80.3 Å². The summed E-state index contributed by atoms with van der Waals surface area (Å²) < 4.78 is 5.49. The number of nitrogens with zero attached hydrogens (tertiary/aromatic N) is 1. The van der Waals surface area contributed by atoms with Crippen LogP contribution in [0.15, 0.2) is 18.2 Å². The van der Waals surface area contributed by atoms with Crippen molar-refractivity contribution in [3.05, 3.63) is 29.3 Å². The molecule has 1 aliphatic carbocycles. The summed E-state index contributed by atoms with van der Waals surface area (Å²) in [6.07, 6.45) is 3.86. The fourth-order valence-electron chi connectivity index (χ4n) is 4.63. The summed E-state index contributed by atoms with van der Waals surface area (Å²) in [6, 6.07) is 7.41. The smallest absolute Gasteiger partial charge is 0.119 e. The highest BCUT2D eigenvalue weighted by atomic mass is 16.5. The van der Waals surface area contributed by atoms with E-state index in [1.165, 1.54) is 32.4 Å². The number of methoxy groups -OCH3 is 1. The van der Waals surface area contributed by atoms with Crippen LogP contribution in [0.1, 0.15) is 58.1 Å². The molecule has 1 fully saturated rings. The van der Waals surface area contributed by atoms with Crippen molar-refractivity contribution in [2.24, 2.45) is 0 Å². The Balaban J connectivity index is 1.96. The van der Waals surface area contributed by atoms with Crippen molar-refractivity contribution in [2.45, 2.75) is 63.8 Å². The van der Waals surface area contributed by atoms with Gasteiger partial charge in [-0.15, -0.1) is 0 Å². The number of hydrogen-bond donors (Lipinski definition) is 0. The van der Waals surface area contributed by atoms with Gasteiger partial charge in [-0.1, -0.05) is 19.9 Å². The minimum Gasteiger partial charge on any atom is -0.497 e. The molecule has 0 aromatic heterocycles. The molecule has 0 N–H and O–H groups in total. The fourth-order valence-corrected chi connectivity index (χ4v) is 4.63. The highest BCUT2D eigenvalue weighted by molar-refractivity contribution is 5.49. The van der Waals surface area contributed by atoms with E-state index in [-0.39, 0.29) is 0 Å². The molecule has 0 atom stereocenters. The van der Waals surface area contributed by atoms with Gasteiger partial charge in [0.05, 0.1) is 7.11 Å². The maximum Gasteiger partial charge on any atom is 0.119 e. The van der Waals surface area contributed by atoms with Crippen LogP contribution in [0, 0.1) is 0 Å². The minimum absolute atomic E-state index is 0.293. The van der Waals surface area contributed by atoms with Crippen LogP contribution < -0.4 is 4.74 Å². The van der Waals surface area contributed by atoms with E-state index in [2.05, 4.69) is 50.8 Å². The van der Waals surface area contributed by atoms with E-state index in [0.717, 1.165) is 5.75 Å². The Labute approximate surface area is 129 Å². The standard InChI is InChI=1S/C19H29NO/c1-14(2)20-10-8-19(9-11-20)13-18(3,4)16-7-6-15(21-5)12-17(16)19/h6-7,12,14H,8-11,13H2,1-5H3. The molecule has 1 spiro atoms. The first-order valence-electron chi connectivity index (χ1n) is 8.31. The molecule has 2 heteroatoms. The predicted molar refractivity (Wildman–Crippen MR) is 88.3 cm³/mol. The summed E-state index contributed by atoms with van der Waals surface area (Å²) in [6.45, 7) is 11.9. The molecule has 21 heavy (non-hydrogen) atoms. The molecular formula is C19H29NO. The van der Waals surface area contributed by atoms with Crippen molar-refractivity contribution < 1.29 is 4.74 Å². The molecule has 116 valence electrons. The Morgan fingerprint density at radius 1 is 1.10 bits per heavy atom. The molecule has 1 aliphatic heterocycles. The number of piperidine rings is 1. The summed E-state index contributed by atoms with van der Waals surface area (Å²) in [4.78, 5) is 2.62. The van der Waals surface area contributed by atoms with Crippen LogP contribution in [-0.4, -0.2) is 31.1 Å². The van der Waals surface area contributed by atoms with Crippen LogP contribution in [0.3, 0.4) is 0 Å². The van der Waals surface area contributed by atoms with Crippen molar-refractivity contribution in [3.63, 3.8) is 0 Å². The number of hydrogen-bond acceptors (Lipinski definition) is 2. The Hall–Kier alpha value is -1.02. The molecule has 1 saturated heterocycles. The molecule has 3 rings (SSSR count). The summed E-state index contributed by atoms with van der Waals surface area (Å²) in [5, 5.41) is 0. The van der Waals surface area contributed by atoms with Crippen molar-refractivity contribution in [3.8, 4) is 5.75 Å². The van der Waals surface area contributed by atoms with Crippen molar-refractivity contribution >= 4 is 0 Å². The first-order valence-corrected chi connectivity index (χ1v) is 8.31. The lowest BCUT2D eigenvalue weighted by Gasteiger charge is -2.42. The molecule has 0 saturated carbocycles. The SMILES string of the molecule is COc1ccc2c(c1)C1(CCN(C(C)C)CC1)CC2(C)C. The van der Waals surface area contributed by atoms with Crippen LogP contribution in [0.4, 0.5) is 0 Å². The quantitative estimate of drug-likeness (QED) is 0.811. The lowest BCUT2D eigenvalue weighted by Crippen LogP contribution is -2.44. The highest BCUT2D eigenvalue weighted by Gasteiger charge is 2.48. The van der Waals surface area contributed by atoms with E-state index in [1.54, 1.807) is 18.2 Å². The van der Waals surface area contributed by atoms with Crippen molar-refractivity contribution in [2.75, 3.05) is 20.2 Å². The molecule has 1 heterocycles. The van der Waals surface area contributed by atoms with E-state index in [4.69, 9.17) is 4.74 Å².